The number of hydrogen-bond acceptors (Lipinski definition) is 9. The van der Waals surface area contributed by atoms with Crippen LogP contribution in [0.5, 0.6) is 0 Å². The Morgan fingerprint density at radius 2 is 1.04 bits per heavy atom. The van der Waals surface area contributed by atoms with E-state index in [1.165, 1.54) is 32.1 Å². The van der Waals surface area contributed by atoms with E-state index < -0.39 is 58.4 Å². The minimum atomic E-state index is -4.63. The van der Waals surface area contributed by atoms with Gasteiger partial charge in [-0.2, -0.15) is 0 Å². The van der Waals surface area contributed by atoms with Crippen LogP contribution in [0.3, 0.4) is 0 Å². The van der Waals surface area contributed by atoms with Crippen molar-refractivity contribution in [3.63, 3.8) is 0 Å². The Labute approximate surface area is 271 Å². The molecular formula is C34H61O10P. The second-order valence-electron chi connectivity index (χ2n) is 11.1. The summed E-state index contributed by atoms with van der Waals surface area (Å²) >= 11 is 0. The Balaban J connectivity index is 4.09. The molecule has 10 nitrogen and oxygen atoms in total. The quantitative estimate of drug-likeness (QED) is 0.0293. The van der Waals surface area contributed by atoms with Crippen LogP contribution in [0.4, 0.5) is 0 Å². The normalized spacial score (nSPS) is 14.7. The van der Waals surface area contributed by atoms with Crippen LogP contribution < -0.4 is 0 Å². The van der Waals surface area contributed by atoms with Crippen molar-refractivity contribution in [3.05, 3.63) is 36.5 Å². The standard InChI is InChI=1S/C34H61O10P/c1-3-5-7-9-11-13-14-15-16-18-20-22-24-26-34(38)44-32(28-36)30-42-45(39,40)41-29-31(27-35)43-33(37)25-23-21-19-17-12-10-8-6-4-2/h5,7,11,13,15-16,31-32,35-36H,3-4,6,8-10,12,14,17-30H2,1-2H3,(H,39,40)/b7-5-,13-11-,16-15-. The molecule has 45 heavy (non-hydrogen) atoms. The van der Waals surface area contributed by atoms with Crippen LogP contribution in [0.2, 0.25) is 0 Å². The number of aliphatic hydroxyl groups is 2. The van der Waals surface area contributed by atoms with Crippen LogP contribution in [0.1, 0.15) is 129 Å². The van der Waals surface area contributed by atoms with E-state index in [9.17, 15) is 29.3 Å². The van der Waals surface area contributed by atoms with Crippen molar-refractivity contribution in [2.24, 2.45) is 0 Å². The van der Waals surface area contributed by atoms with Crippen LogP contribution >= 0.6 is 7.82 Å². The molecular weight excluding hydrogens is 599 g/mol. The number of unbranched alkanes of at least 4 members (excludes halogenated alkanes) is 11. The van der Waals surface area contributed by atoms with E-state index in [-0.39, 0.29) is 12.8 Å². The fourth-order valence-electron chi connectivity index (χ4n) is 4.24. The maximum atomic E-state index is 12.2. The third-order valence-electron chi connectivity index (χ3n) is 6.87. The molecule has 0 amide bonds. The number of esters is 2. The average Bonchev–Trinajstić information content (AvgIpc) is 3.02. The molecule has 0 saturated heterocycles. The molecule has 0 saturated carbocycles. The first-order chi connectivity index (χ1) is 21.8. The first-order valence-electron chi connectivity index (χ1n) is 16.9. The maximum absolute atomic E-state index is 12.2. The summed E-state index contributed by atoms with van der Waals surface area (Å²) in [5.41, 5.74) is 0. The van der Waals surface area contributed by atoms with Gasteiger partial charge >= 0.3 is 19.8 Å². The third kappa shape index (κ3) is 29.3. The van der Waals surface area contributed by atoms with Gasteiger partial charge in [-0.05, 0) is 44.9 Å². The van der Waals surface area contributed by atoms with Gasteiger partial charge in [0, 0.05) is 12.8 Å². The number of ether oxygens (including phenoxy) is 2. The Morgan fingerprint density at radius 3 is 1.51 bits per heavy atom. The Morgan fingerprint density at radius 1 is 0.622 bits per heavy atom. The van der Waals surface area contributed by atoms with E-state index in [1.807, 2.05) is 0 Å². The molecule has 0 heterocycles. The lowest BCUT2D eigenvalue weighted by molar-refractivity contribution is -0.153. The monoisotopic (exact) mass is 660 g/mol. The molecule has 0 aliphatic rings. The molecule has 0 aromatic rings. The molecule has 0 spiro atoms. The number of phosphoric acid groups is 1. The zero-order valence-corrected chi connectivity index (χ0v) is 28.7. The molecule has 0 bridgehead atoms. The number of aliphatic hydroxyl groups excluding tert-OH is 2. The lowest BCUT2D eigenvalue weighted by Gasteiger charge is -2.20. The maximum Gasteiger partial charge on any atom is 0.472 e. The van der Waals surface area contributed by atoms with E-state index in [2.05, 4.69) is 50.3 Å². The molecule has 3 unspecified atom stereocenters. The number of hydrogen-bond donors (Lipinski definition) is 3. The molecule has 0 radical (unpaired) electrons. The number of carbonyl (C=O) groups is 2. The third-order valence-corrected chi connectivity index (χ3v) is 7.82. The van der Waals surface area contributed by atoms with Gasteiger partial charge in [0.25, 0.3) is 0 Å². The van der Waals surface area contributed by atoms with Gasteiger partial charge in [0.1, 0.15) is 12.2 Å². The molecule has 0 aromatic heterocycles. The second kappa shape index (κ2) is 30.8. The first-order valence-corrected chi connectivity index (χ1v) is 18.4. The van der Waals surface area contributed by atoms with Gasteiger partial charge < -0.3 is 24.6 Å². The topological polar surface area (TPSA) is 149 Å². The summed E-state index contributed by atoms with van der Waals surface area (Å²) < 4.78 is 32.2. The molecule has 0 rings (SSSR count). The highest BCUT2D eigenvalue weighted by molar-refractivity contribution is 7.47. The van der Waals surface area contributed by atoms with Gasteiger partial charge in [-0.1, -0.05) is 108 Å². The van der Waals surface area contributed by atoms with E-state index in [4.69, 9.17) is 18.5 Å². The summed E-state index contributed by atoms with van der Waals surface area (Å²) in [6, 6.07) is 0. The summed E-state index contributed by atoms with van der Waals surface area (Å²) in [6.07, 6.45) is 27.1. The van der Waals surface area contributed by atoms with Crippen molar-refractivity contribution in [1.29, 1.82) is 0 Å². The smallest absolute Gasteiger partial charge is 0.457 e. The van der Waals surface area contributed by atoms with Crippen LogP contribution in [-0.4, -0.2) is 65.7 Å². The summed E-state index contributed by atoms with van der Waals surface area (Å²) in [5.74, 6) is -1.06. The lowest BCUT2D eigenvalue weighted by Crippen LogP contribution is -2.28. The van der Waals surface area contributed by atoms with Crippen LogP contribution in [0, 0.1) is 0 Å². The summed E-state index contributed by atoms with van der Waals surface area (Å²) in [6.45, 7) is 1.99. The Kier molecular flexibility index (Phi) is 29.6. The second-order valence-corrected chi connectivity index (χ2v) is 12.6. The van der Waals surface area contributed by atoms with Gasteiger partial charge in [0.05, 0.1) is 26.4 Å². The van der Waals surface area contributed by atoms with Crippen molar-refractivity contribution in [2.75, 3.05) is 26.4 Å². The van der Waals surface area contributed by atoms with E-state index in [0.717, 1.165) is 57.8 Å². The number of carbonyl (C=O) groups excluding carboxylic acids is 2. The molecule has 3 N–H and O–H groups in total. The first kappa shape index (κ1) is 43.2. The molecule has 262 valence electrons. The van der Waals surface area contributed by atoms with E-state index in [0.29, 0.717) is 12.8 Å². The minimum Gasteiger partial charge on any atom is -0.457 e. The predicted octanol–water partition coefficient (Wildman–Crippen LogP) is 7.66. The molecule has 0 aliphatic carbocycles. The van der Waals surface area contributed by atoms with Crippen molar-refractivity contribution in [3.8, 4) is 0 Å². The zero-order valence-electron chi connectivity index (χ0n) is 27.8. The van der Waals surface area contributed by atoms with Crippen LogP contribution in [-0.2, 0) is 32.7 Å². The summed E-state index contributed by atoms with van der Waals surface area (Å²) in [7, 11) is -4.63. The highest BCUT2D eigenvalue weighted by Crippen LogP contribution is 2.43. The lowest BCUT2D eigenvalue weighted by atomic mass is 10.1. The predicted molar refractivity (Wildman–Crippen MR) is 178 cm³/mol. The van der Waals surface area contributed by atoms with Crippen molar-refractivity contribution >= 4 is 19.8 Å². The number of phosphoric ester groups is 1. The molecule has 0 fully saturated rings. The number of rotatable bonds is 31. The molecule has 11 heteroatoms. The van der Waals surface area contributed by atoms with Crippen molar-refractivity contribution in [2.45, 2.75) is 142 Å². The summed E-state index contributed by atoms with van der Waals surface area (Å²) in [4.78, 5) is 34.1. The minimum absolute atomic E-state index is 0.157. The summed E-state index contributed by atoms with van der Waals surface area (Å²) in [5, 5.41) is 19.0. The highest BCUT2D eigenvalue weighted by Gasteiger charge is 2.27. The zero-order chi connectivity index (χ0) is 33.4. The van der Waals surface area contributed by atoms with E-state index >= 15 is 0 Å². The van der Waals surface area contributed by atoms with Gasteiger partial charge in [-0.15, -0.1) is 0 Å². The van der Waals surface area contributed by atoms with Crippen LogP contribution in [0.15, 0.2) is 36.5 Å². The fourth-order valence-corrected chi connectivity index (χ4v) is 5.03. The fraction of sp³-hybridized carbons (Fsp3) is 0.765. The average molecular weight is 661 g/mol. The van der Waals surface area contributed by atoms with Gasteiger partial charge in [-0.25, -0.2) is 4.57 Å². The largest absolute Gasteiger partial charge is 0.472 e. The molecule has 0 aliphatic heterocycles. The van der Waals surface area contributed by atoms with Gasteiger partial charge in [-0.3, -0.25) is 18.6 Å². The Hall–Kier alpha value is -1.81. The van der Waals surface area contributed by atoms with Gasteiger partial charge in [0.2, 0.25) is 0 Å². The van der Waals surface area contributed by atoms with Crippen molar-refractivity contribution in [1.82, 2.24) is 0 Å². The molecule has 0 aromatic carbocycles. The van der Waals surface area contributed by atoms with E-state index in [1.54, 1.807) is 0 Å². The van der Waals surface area contributed by atoms with Gasteiger partial charge in [0.15, 0.2) is 0 Å². The van der Waals surface area contributed by atoms with Crippen molar-refractivity contribution < 1.29 is 47.8 Å². The SMILES string of the molecule is CC/C=C\C/C=C\C/C=C\CCCCCC(=O)OC(CO)COP(=O)(O)OCC(CO)OC(=O)CCCCCCCCCCC. The van der Waals surface area contributed by atoms with Crippen LogP contribution in [0.25, 0.3) is 0 Å². The highest BCUT2D eigenvalue weighted by atomic mass is 31.2. The Bertz CT molecular complexity index is 858. The number of allylic oxidation sites excluding steroid dienone is 6. The molecule has 3 atom stereocenters.